The van der Waals surface area contributed by atoms with Gasteiger partial charge in [-0.05, 0) is 30.2 Å². The molecule has 0 unspecified atom stereocenters. The highest BCUT2D eigenvalue weighted by Gasteiger charge is 2.26. The summed E-state index contributed by atoms with van der Waals surface area (Å²) in [6, 6.07) is 11.1. The lowest BCUT2D eigenvalue weighted by molar-refractivity contribution is -0.125. The van der Waals surface area contributed by atoms with Crippen molar-refractivity contribution in [1.82, 2.24) is 4.98 Å². The molecule has 1 N–H and O–H groups in total. The first-order valence-corrected chi connectivity index (χ1v) is 7.26. The molecule has 0 atom stereocenters. The molecule has 2 aromatic rings. The van der Waals surface area contributed by atoms with E-state index in [1.807, 2.05) is 18.2 Å². The molecule has 1 aliphatic heterocycles. The fourth-order valence-corrected chi connectivity index (χ4v) is 2.72. The summed E-state index contributed by atoms with van der Waals surface area (Å²) >= 11 is 0. The fraction of sp³-hybridized carbons (Fsp3) is 0.235. The molecule has 2 heterocycles. The van der Waals surface area contributed by atoms with Crippen LogP contribution in [0.3, 0.4) is 0 Å². The second-order valence-electron chi connectivity index (χ2n) is 5.23. The molecule has 5 nitrogen and oxygen atoms in total. The van der Waals surface area contributed by atoms with Crippen LogP contribution < -0.4 is 10.2 Å². The normalized spacial score (nSPS) is 12.4. The molecule has 0 bridgehead atoms. The van der Waals surface area contributed by atoms with Crippen molar-refractivity contribution in [3.8, 4) is 0 Å². The van der Waals surface area contributed by atoms with Gasteiger partial charge in [-0.3, -0.25) is 14.6 Å². The molecule has 0 saturated carbocycles. The molecular formula is C17H17N3O2. The number of carbonyl (C=O) groups excluding carboxylic acids is 2. The number of aromatic nitrogens is 1. The Balaban J connectivity index is 1.92. The average molecular weight is 295 g/mol. The molecule has 2 amide bonds. The van der Waals surface area contributed by atoms with E-state index in [1.165, 1.54) is 11.8 Å². The Labute approximate surface area is 129 Å². The first-order valence-electron chi connectivity index (χ1n) is 7.26. The summed E-state index contributed by atoms with van der Waals surface area (Å²) in [7, 11) is 0. The minimum Gasteiger partial charge on any atom is -0.383 e. The summed E-state index contributed by atoms with van der Waals surface area (Å²) in [6.07, 6.45) is 2.65. The van der Waals surface area contributed by atoms with Gasteiger partial charge in [-0.15, -0.1) is 0 Å². The predicted molar refractivity (Wildman–Crippen MR) is 84.7 cm³/mol. The molecule has 22 heavy (non-hydrogen) atoms. The summed E-state index contributed by atoms with van der Waals surface area (Å²) in [6.45, 7) is 2.23. The number of rotatable bonds is 3. The van der Waals surface area contributed by atoms with Gasteiger partial charge >= 0.3 is 0 Å². The van der Waals surface area contributed by atoms with Crippen LogP contribution in [-0.2, 0) is 22.4 Å². The van der Waals surface area contributed by atoms with Gasteiger partial charge in [-0.25, -0.2) is 4.90 Å². The number of hydrogen-bond acceptors (Lipinski definition) is 4. The number of para-hydroxylation sites is 1. The van der Waals surface area contributed by atoms with Crippen molar-refractivity contribution >= 4 is 23.2 Å². The molecule has 1 aliphatic rings. The Kier molecular flexibility index (Phi) is 3.87. The second-order valence-corrected chi connectivity index (χ2v) is 5.23. The van der Waals surface area contributed by atoms with E-state index in [1.54, 1.807) is 24.4 Å². The maximum atomic E-state index is 12.6. The van der Waals surface area contributed by atoms with E-state index in [0.29, 0.717) is 11.4 Å². The lowest BCUT2D eigenvalue weighted by atomic mass is 10.1. The zero-order chi connectivity index (χ0) is 15.5. The van der Waals surface area contributed by atoms with Gasteiger partial charge < -0.3 is 5.32 Å². The number of fused-ring (bicyclic) bond motifs is 1. The summed E-state index contributed by atoms with van der Waals surface area (Å²) in [5.74, 6) is -0.559. The molecule has 1 aromatic carbocycles. The quantitative estimate of drug-likeness (QED) is 0.942. The average Bonchev–Trinajstić information content (AvgIpc) is 2.97. The first-order chi connectivity index (χ1) is 10.7. The van der Waals surface area contributed by atoms with Crippen LogP contribution in [0.1, 0.15) is 18.2 Å². The number of imide groups is 1. The molecule has 0 spiro atoms. The maximum absolute atomic E-state index is 12.6. The zero-order valence-electron chi connectivity index (χ0n) is 12.4. The predicted octanol–water partition coefficient (Wildman–Crippen LogP) is 2.17. The molecule has 112 valence electrons. The third-order valence-electron chi connectivity index (χ3n) is 3.69. The third-order valence-corrected chi connectivity index (χ3v) is 3.69. The van der Waals surface area contributed by atoms with E-state index in [2.05, 4.69) is 10.3 Å². The van der Waals surface area contributed by atoms with E-state index in [0.717, 1.165) is 24.2 Å². The Morgan fingerprint density at radius 1 is 1.23 bits per heavy atom. The third kappa shape index (κ3) is 2.70. The lowest BCUT2D eigenvalue weighted by Gasteiger charge is -2.22. The van der Waals surface area contributed by atoms with Gasteiger partial charge in [0.05, 0.1) is 17.8 Å². The van der Waals surface area contributed by atoms with E-state index in [9.17, 15) is 9.59 Å². The monoisotopic (exact) mass is 295 g/mol. The van der Waals surface area contributed by atoms with Gasteiger partial charge in [0.25, 0.3) is 0 Å². The van der Waals surface area contributed by atoms with Gasteiger partial charge in [0.15, 0.2) is 0 Å². The van der Waals surface area contributed by atoms with Gasteiger partial charge in [-0.1, -0.05) is 18.2 Å². The van der Waals surface area contributed by atoms with Crippen LogP contribution in [0.4, 0.5) is 11.4 Å². The molecule has 5 heteroatoms. The molecule has 0 radical (unpaired) electrons. The van der Waals surface area contributed by atoms with Gasteiger partial charge in [0.2, 0.25) is 11.8 Å². The summed E-state index contributed by atoms with van der Waals surface area (Å²) in [4.78, 5) is 30.0. The Morgan fingerprint density at radius 3 is 2.82 bits per heavy atom. The number of carbonyl (C=O) groups is 2. The molecular weight excluding hydrogens is 278 g/mol. The number of hydrogen-bond donors (Lipinski definition) is 1. The maximum Gasteiger partial charge on any atom is 0.239 e. The number of benzene rings is 1. The fourth-order valence-electron chi connectivity index (χ4n) is 2.72. The van der Waals surface area contributed by atoms with E-state index < -0.39 is 0 Å². The minimum absolute atomic E-state index is 0.101. The van der Waals surface area contributed by atoms with Gasteiger partial charge in [0, 0.05) is 25.4 Å². The van der Waals surface area contributed by atoms with Crippen LogP contribution in [0.15, 0.2) is 42.6 Å². The summed E-state index contributed by atoms with van der Waals surface area (Å²) in [5, 5.41) is 3.26. The SMILES string of the molecule is CC(=O)N(C(=O)Cc1ccccn1)c1cccc2c1NCC2. The van der Waals surface area contributed by atoms with Crippen molar-refractivity contribution in [3.05, 3.63) is 53.9 Å². The highest BCUT2D eigenvalue weighted by atomic mass is 16.2. The zero-order valence-corrected chi connectivity index (χ0v) is 12.4. The first kappa shape index (κ1) is 14.3. The van der Waals surface area contributed by atoms with E-state index >= 15 is 0 Å². The van der Waals surface area contributed by atoms with Crippen LogP contribution in [0.25, 0.3) is 0 Å². The Hall–Kier alpha value is -2.69. The molecule has 3 rings (SSSR count). The number of nitrogens with one attached hydrogen (secondary N) is 1. The smallest absolute Gasteiger partial charge is 0.239 e. The number of anilines is 2. The molecule has 0 aliphatic carbocycles. The second kappa shape index (κ2) is 5.97. The van der Waals surface area contributed by atoms with Crippen molar-refractivity contribution in [3.63, 3.8) is 0 Å². The Morgan fingerprint density at radius 2 is 2.09 bits per heavy atom. The molecule has 0 saturated heterocycles. The standard InChI is InChI=1S/C17H17N3O2/c1-12(21)20(16(22)11-14-6-2-3-9-18-14)15-7-4-5-13-8-10-19-17(13)15/h2-7,9,19H,8,10-11H2,1H3. The van der Waals surface area contributed by atoms with E-state index in [-0.39, 0.29) is 18.2 Å². The Bertz CT molecular complexity index is 713. The summed E-state index contributed by atoms with van der Waals surface area (Å²) < 4.78 is 0. The van der Waals surface area contributed by atoms with Crippen LogP contribution in [0, 0.1) is 0 Å². The number of nitrogens with zero attached hydrogens (tertiary/aromatic N) is 2. The number of pyridine rings is 1. The molecule has 1 aromatic heterocycles. The highest BCUT2D eigenvalue weighted by Crippen LogP contribution is 2.33. The van der Waals surface area contributed by atoms with E-state index in [4.69, 9.17) is 0 Å². The van der Waals surface area contributed by atoms with Crippen LogP contribution in [0.2, 0.25) is 0 Å². The minimum atomic E-state index is -0.289. The van der Waals surface area contributed by atoms with Crippen LogP contribution in [-0.4, -0.2) is 23.3 Å². The van der Waals surface area contributed by atoms with Crippen molar-refractivity contribution in [1.29, 1.82) is 0 Å². The van der Waals surface area contributed by atoms with Crippen molar-refractivity contribution in [2.24, 2.45) is 0 Å². The van der Waals surface area contributed by atoms with Crippen molar-refractivity contribution < 1.29 is 9.59 Å². The number of amides is 2. The van der Waals surface area contributed by atoms with Gasteiger partial charge in [-0.2, -0.15) is 0 Å². The van der Waals surface area contributed by atoms with Crippen molar-refractivity contribution in [2.75, 3.05) is 16.8 Å². The highest BCUT2D eigenvalue weighted by molar-refractivity contribution is 6.16. The van der Waals surface area contributed by atoms with Gasteiger partial charge in [0.1, 0.15) is 0 Å². The van der Waals surface area contributed by atoms with Crippen LogP contribution >= 0.6 is 0 Å². The largest absolute Gasteiger partial charge is 0.383 e. The van der Waals surface area contributed by atoms with Crippen molar-refractivity contribution in [2.45, 2.75) is 19.8 Å². The van der Waals surface area contributed by atoms with Crippen LogP contribution in [0.5, 0.6) is 0 Å². The summed E-state index contributed by atoms with van der Waals surface area (Å²) in [5.41, 5.74) is 3.30. The molecule has 0 fully saturated rings. The topological polar surface area (TPSA) is 62.3 Å². The lowest BCUT2D eigenvalue weighted by Crippen LogP contribution is -2.37.